The summed E-state index contributed by atoms with van der Waals surface area (Å²) in [4.78, 5) is 15.2. The average Bonchev–Trinajstić information content (AvgIpc) is 3.02. The summed E-state index contributed by atoms with van der Waals surface area (Å²) >= 11 is 0. The molecule has 2 aromatic carbocycles. The fourth-order valence-electron chi connectivity index (χ4n) is 3.42. The van der Waals surface area contributed by atoms with E-state index in [1.54, 1.807) is 6.07 Å². The molecule has 154 valence electrons. The van der Waals surface area contributed by atoms with Crippen molar-refractivity contribution >= 4 is 17.2 Å². The summed E-state index contributed by atoms with van der Waals surface area (Å²) in [6, 6.07) is 17.8. The van der Waals surface area contributed by atoms with Gasteiger partial charge in [-0.3, -0.25) is 10.1 Å². The highest BCUT2D eigenvalue weighted by atomic mass is 19.3. The van der Waals surface area contributed by atoms with Gasteiger partial charge in [0.05, 0.1) is 17.2 Å². The van der Waals surface area contributed by atoms with Gasteiger partial charge in [-0.05, 0) is 23.8 Å². The summed E-state index contributed by atoms with van der Waals surface area (Å²) in [6.07, 6.45) is 0. The van der Waals surface area contributed by atoms with E-state index < -0.39 is 23.0 Å². The van der Waals surface area contributed by atoms with Crippen LogP contribution in [-0.4, -0.2) is 34.0 Å². The van der Waals surface area contributed by atoms with Crippen LogP contribution in [0.25, 0.3) is 11.3 Å². The van der Waals surface area contributed by atoms with Gasteiger partial charge in [0, 0.05) is 23.9 Å². The Morgan fingerprint density at radius 3 is 2.33 bits per heavy atom. The number of rotatable bonds is 5. The van der Waals surface area contributed by atoms with Crippen molar-refractivity contribution in [2.75, 3.05) is 18.4 Å². The van der Waals surface area contributed by atoms with Crippen LogP contribution in [0.5, 0.6) is 0 Å². The first kappa shape index (κ1) is 19.9. The Kier molecular flexibility index (Phi) is 4.92. The van der Waals surface area contributed by atoms with E-state index in [0.29, 0.717) is 11.4 Å². The van der Waals surface area contributed by atoms with Gasteiger partial charge in [-0.2, -0.15) is 0 Å². The van der Waals surface area contributed by atoms with E-state index in [1.807, 2.05) is 30.3 Å². The van der Waals surface area contributed by atoms with Crippen LogP contribution in [0.4, 0.5) is 26.0 Å². The molecular weight excluding hydrogens is 394 g/mol. The van der Waals surface area contributed by atoms with Crippen LogP contribution in [0.3, 0.4) is 0 Å². The van der Waals surface area contributed by atoms with Crippen LogP contribution in [0.15, 0.2) is 66.7 Å². The first-order valence-corrected chi connectivity index (χ1v) is 9.19. The van der Waals surface area contributed by atoms with Gasteiger partial charge in [0.15, 0.2) is 5.60 Å². The predicted molar refractivity (Wildman–Crippen MR) is 108 cm³/mol. The Balaban J connectivity index is 1.64. The third kappa shape index (κ3) is 3.49. The number of β-amino-alcohol motifs (C(OH)–C–C–N with tert-alkyl or cyclic N) is 1. The van der Waals surface area contributed by atoms with Gasteiger partial charge in [0.25, 0.3) is 5.92 Å². The first-order chi connectivity index (χ1) is 14.3. The molecule has 3 aromatic rings. The van der Waals surface area contributed by atoms with E-state index in [1.165, 1.54) is 30.3 Å². The highest BCUT2D eigenvalue weighted by Crippen LogP contribution is 2.41. The number of hydrogen-bond acceptors (Lipinski definition) is 6. The van der Waals surface area contributed by atoms with Gasteiger partial charge in [0.1, 0.15) is 0 Å². The number of aliphatic hydroxyl groups is 1. The van der Waals surface area contributed by atoms with Crippen molar-refractivity contribution in [2.45, 2.75) is 11.5 Å². The number of aromatic nitrogens is 1. The third-order valence-electron chi connectivity index (χ3n) is 5.10. The average molecular weight is 412 g/mol. The van der Waals surface area contributed by atoms with Gasteiger partial charge >= 0.3 is 5.69 Å². The molecule has 1 aliphatic rings. The maximum Gasteiger partial charge on any atom is 0.311 e. The Morgan fingerprint density at radius 1 is 1.03 bits per heavy atom. The molecule has 0 bridgehead atoms. The molecular formula is C21H18F2N4O3. The van der Waals surface area contributed by atoms with Crippen molar-refractivity contribution in [3.05, 3.63) is 82.4 Å². The van der Waals surface area contributed by atoms with Crippen molar-refractivity contribution in [2.24, 2.45) is 0 Å². The van der Waals surface area contributed by atoms with Crippen molar-refractivity contribution < 1.29 is 18.8 Å². The third-order valence-corrected chi connectivity index (χ3v) is 5.10. The van der Waals surface area contributed by atoms with Gasteiger partial charge in [-0.25, -0.2) is 13.8 Å². The van der Waals surface area contributed by atoms with Crippen molar-refractivity contribution in [1.82, 2.24) is 10.3 Å². The topological polar surface area (TPSA) is 100 Å². The molecule has 0 amide bonds. The van der Waals surface area contributed by atoms with Gasteiger partial charge < -0.3 is 15.7 Å². The highest BCUT2D eigenvalue weighted by molar-refractivity contribution is 5.71. The summed E-state index contributed by atoms with van der Waals surface area (Å²) in [7, 11) is 0. The Hall–Kier alpha value is -3.43. The molecule has 30 heavy (non-hydrogen) atoms. The normalized spacial score (nSPS) is 20.1. The van der Waals surface area contributed by atoms with Gasteiger partial charge in [-0.1, -0.05) is 42.5 Å². The van der Waals surface area contributed by atoms with Crippen LogP contribution in [-0.2, 0) is 5.60 Å². The van der Waals surface area contributed by atoms with Crippen LogP contribution in [0.2, 0.25) is 0 Å². The van der Waals surface area contributed by atoms with E-state index in [2.05, 4.69) is 15.6 Å². The standard InChI is InChI=1S/C21H18F2N4O3/c22-21(23)13-24-12-20(21,28)15-6-8-16(9-7-15)25-19-18(27(29)30)11-10-17(26-19)14-4-2-1-3-5-14/h1-11,24,28H,12-13H2,(H,25,26). The number of nitro groups is 1. The lowest BCUT2D eigenvalue weighted by atomic mass is 9.90. The molecule has 1 aromatic heterocycles. The lowest BCUT2D eigenvalue weighted by Gasteiger charge is -2.29. The lowest BCUT2D eigenvalue weighted by molar-refractivity contribution is -0.384. The quantitative estimate of drug-likeness (QED) is 0.435. The smallest absolute Gasteiger partial charge is 0.311 e. The fourth-order valence-corrected chi connectivity index (χ4v) is 3.42. The first-order valence-electron chi connectivity index (χ1n) is 9.19. The summed E-state index contributed by atoms with van der Waals surface area (Å²) in [5.74, 6) is -3.27. The van der Waals surface area contributed by atoms with Crippen molar-refractivity contribution in [3.63, 3.8) is 0 Å². The van der Waals surface area contributed by atoms with Crippen LogP contribution < -0.4 is 10.6 Å². The van der Waals surface area contributed by atoms with Crippen LogP contribution in [0.1, 0.15) is 5.56 Å². The number of nitrogens with zero attached hydrogens (tertiary/aromatic N) is 2. The van der Waals surface area contributed by atoms with E-state index in [0.717, 1.165) is 5.56 Å². The number of halogens is 2. The second-order valence-electron chi connectivity index (χ2n) is 7.06. The van der Waals surface area contributed by atoms with Crippen molar-refractivity contribution in [1.29, 1.82) is 0 Å². The molecule has 1 fully saturated rings. The van der Waals surface area contributed by atoms with Gasteiger partial charge in [-0.15, -0.1) is 0 Å². The summed E-state index contributed by atoms with van der Waals surface area (Å²) in [5.41, 5.74) is -0.705. The van der Waals surface area contributed by atoms with Gasteiger partial charge in [0.2, 0.25) is 5.82 Å². The van der Waals surface area contributed by atoms with Crippen molar-refractivity contribution in [3.8, 4) is 11.3 Å². The number of nitrogens with one attached hydrogen (secondary N) is 2. The lowest BCUT2D eigenvalue weighted by Crippen LogP contribution is -2.44. The highest BCUT2D eigenvalue weighted by Gasteiger charge is 2.57. The second kappa shape index (κ2) is 7.43. The molecule has 1 unspecified atom stereocenters. The van der Waals surface area contributed by atoms with E-state index in [9.17, 15) is 24.0 Å². The van der Waals surface area contributed by atoms with E-state index >= 15 is 0 Å². The summed E-state index contributed by atoms with van der Waals surface area (Å²) in [5, 5.41) is 27.2. The minimum absolute atomic E-state index is 0.0284. The molecule has 0 saturated carbocycles. The molecule has 3 N–H and O–H groups in total. The Labute approximate surface area is 170 Å². The predicted octanol–water partition coefficient (Wildman–Crippen LogP) is 3.83. The Morgan fingerprint density at radius 2 is 1.73 bits per heavy atom. The number of alkyl halides is 2. The maximum atomic E-state index is 14.1. The second-order valence-corrected chi connectivity index (χ2v) is 7.06. The molecule has 1 atom stereocenters. The van der Waals surface area contributed by atoms with E-state index in [-0.39, 0.29) is 23.6 Å². The molecule has 1 aliphatic heterocycles. The zero-order valence-corrected chi connectivity index (χ0v) is 15.7. The number of pyridine rings is 1. The number of anilines is 2. The van der Waals surface area contributed by atoms with E-state index in [4.69, 9.17) is 0 Å². The van der Waals surface area contributed by atoms with Crippen LogP contribution >= 0.6 is 0 Å². The molecule has 0 aliphatic carbocycles. The molecule has 2 heterocycles. The van der Waals surface area contributed by atoms with Crippen LogP contribution in [0, 0.1) is 10.1 Å². The number of benzene rings is 2. The zero-order valence-electron chi connectivity index (χ0n) is 15.7. The summed E-state index contributed by atoms with van der Waals surface area (Å²) in [6.45, 7) is -0.870. The SMILES string of the molecule is O=[N+]([O-])c1ccc(-c2ccccc2)nc1Nc1ccc(C2(O)CNCC2(F)F)cc1. The number of hydrogen-bond donors (Lipinski definition) is 3. The summed E-state index contributed by atoms with van der Waals surface area (Å²) < 4.78 is 28.1. The molecule has 1 saturated heterocycles. The molecule has 0 spiro atoms. The minimum Gasteiger partial charge on any atom is -0.377 e. The maximum absolute atomic E-state index is 14.1. The molecule has 9 heteroatoms. The monoisotopic (exact) mass is 412 g/mol. The molecule has 0 radical (unpaired) electrons. The molecule has 4 rings (SSSR count). The fraction of sp³-hybridized carbons (Fsp3) is 0.190. The zero-order chi connectivity index (χ0) is 21.4. The largest absolute Gasteiger partial charge is 0.377 e. The molecule has 7 nitrogen and oxygen atoms in total. The Bertz CT molecular complexity index is 1080. The minimum atomic E-state index is -3.30.